The van der Waals surface area contributed by atoms with Crippen molar-refractivity contribution in [3.8, 4) is 11.5 Å². The number of hydrogen-bond acceptors (Lipinski definition) is 14. The van der Waals surface area contributed by atoms with E-state index in [0.29, 0.717) is 6.61 Å². The van der Waals surface area contributed by atoms with Crippen LogP contribution in [0.25, 0.3) is 0 Å². The van der Waals surface area contributed by atoms with Crippen molar-refractivity contribution < 1.29 is 57.1 Å². The summed E-state index contributed by atoms with van der Waals surface area (Å²) in [5.74, 6) is -3.59. The molecule has 3 rings (SSSR count). The van der Waals surface area contributed by atoms with E-state index in [1.54, 1.807) is 6.92 Å². The summed E-state index contributed by atoms with van der Waals surface area (Å²) in [6.07, 6.45) is 1.76. The summed E-state index contributed by atoms with van der Waals surface area (Å²) in [7, 11) is 2.84. The molecule has 15 heteroatoms. The summed E-state index contributed by atoms with van der Waals surface area (Å²) >= 11 is 1.41. The van der Waals surface area contributed by atoms with Crippen LogP contribution in [0.15, 0.2) is 42.6 Å². The first-order chi connectivity index (χ1) is 21.8. The first kappa shape index (κ1) is 35.6. The van der Waals surface area contributed by atoms with Crippen LogP contribution in [-0.4, -0.2) is 107 Å². The van der Waals surface area contributed by atoms with Crippen molar-refractivity contribution in [1.82, 2.24) is 10.3 Å². The van der Waals surface area contributed by atoms with Gasteiger partial charge in [0.2, 0.25) is 6.79 Å². The molecule has 1 saturated heterocycles. The molecule has 0 spiro atoms. The molecule has 4 atom stereocenters. The number of amides is 1. The molecule has 0 saturated carbocycles. The number of rotatable bonds is 16. The molecule has 1 N–H and O–H groups in total. The molecule has 1 aromatic heterocycles. The van der Waals surface area contributed by atoms with Crippen LogP contribution >= 0.6 is 11.8 Å². The third-order valence-corrected chi connectivity index (χ3v) is 6.87. The minimum absolute atomic E-state index is 0.108. The zero-order chi connectivity index (χ0) is 32.6. The normalized spacial score (nSPS) is 20.1. The topological polar surface area (TPSA) is 167 Å². The lowest BCUT2D eigenvalue weighted by atomic mass is 9.91. The SMILES string of the molecule is COCCOCC(=O)OCOc1c(OC)ccnc1C(=O)N[C@H]1COC(=O)[C@H](Cc2ccccc2)[C@@H](OCSC)C(C)OC1=O. The number of hydrogen-bond donors (Lipinski definition) is 1. The fraction of sp³-hybridized carbons (Fsp3) is 0.500. The van der Waals surface area contributed by atoms with Crippen LogP contribution in [0.4, 0.5) is 0 Å². The molecular weight excluding hydrogens is 612 g/mol. The van der Waals surface area contributed by atoms with Gasteiger partial charge in [-0.1, -0.05) is 30.3 Å². The monoisotopic (exact) mass is 650 g/mol. The summed E-state index contributed by atoms with van der Waals surface area (Å²) in [6.45, 7) is 0.706. The summed E-state index contributed by atoms with van der Waals surface area (Å²) in [6, 6.07) is 9.38. The minimum atomic E-state index is -1.39. The summed E-state index contributed by atoms with van der Waals surface area (Å²) in [4.78, 5) is 56.0. The van der Waals surface area contributed by atoms with Crippen LogP contribution in [-0.2, 0) is 49.2 Å². The van der Waals surface area contributed by atoms with Crippen LogP contribution in [0.3, 0.4) is 0 Å². The van der Waals surface area contributed by atoms with Gasteiger partial charge in [-0.05, 0) is 25.2 Å². The van der Waals surface area contributed by atoms with E-state index in [-0.39, 0.29) is 42.8 Å². The van der Waals surface area contributed by atoms with Crippen LogP contribution < -0.4 is 14.8 Å². The number of esters is 3. The second kappa shape index (κ2) is 18.8. The van der Waals surface area contributed by atoms with E-state index in [2.05, 4.69) is 10.3 Å². The Hall–Kier alpha value is -3.92. The van der Waals surface area contributed by atoms with Gasteiger partial charge in [0.1, 0.15) is 25.4 Å². The average molecular weight is 651 g/mol. The Kier molecular flexibility index (Phi) is 14.8. The molecule has 1 fully saturated rings. The third kappa shape index (κ3) is 10.9. The molecule has 14 nitrogen and oxygen atoms in total. The predicted molar refractivity (Wildman–Crippen MR) is 160 cm³/mol. The van der Waals surface area contributed by atoms with Gasteiger partial charge in [0.05, 0.1) is 32.2 Å². The molecule has 1 aromatic carbocycles. The van der Waals surface area contributed by atoms with Crippen molar-refractivity contribution in [3.05, 3.63) is 53.9 Å². The Bertz CT molecular complexity index is 1260. The number of thioether (sulfide) groups is 1. The van der Waals surface area contributed by atoms with Crippen molar-refractivity contribution in [1.29, 1.82) is 0 Å². The number of nitrogens with zero attached hydrogens (tertiary/aromatic N) is 1. The Morgan fingerprint density at radius 3 is 2.58 bits per heavy atom. The number of nitrogens with one attached hydrogen (secondary N) is 1. The second-order valence-corrected chi connectivity index (χ2v) is 10.5. The molecule has 1 aliphatic heterocycles. The molecule has 45 heavy (non-hydrogen) atoms. The van der Waals surface area contributed by atoms with E-state index in [9.17, 15) is 19.2 Å². The third-order valence-electron chi connectivity index (χ3n) is 6.50. The van der Waals surface area contributed by atoms with E-state index in [1.165, 1.54) is 38.2 Å². The van der Waals surface area contributed by atoms with Crippen LogP contribution in [0.2, 0.25) is 0 Å². The Balaban J connectivity index is 1.74. The number of methoxy groups -OCH3 is 2. The molecule has 1 amide bonds. The second-order valence-electron chi connectivity index (χ2n) is 9.65. The highest BCUT2D eigenvalue weighted by Gasteiger charge is 2.40. The lowest BCUT2D eigenvalue weighted by molar-refractivity contribution is -0.162. The fourth-order valence-corrected chi connectivity index (χ4v) is 4.61. The lowest BCUT2D eigenvalue weighted by Gasteiger charge is -2.29. The minimum Gasteiger partial charge on any atom is -0.493 e. The lowest BCUT2D eigenvalue weighted by Crippen LogP contribution is -2.46. The van der Waals surface area contributed by atoms with Crippen molar-refractivity contribution in [2.45, 2.75) is 31.6 Å². The predicted octanol–water partition coefficient (Wildman–Crippen LogP) is 1.78. The highest BCUT2D eigenvalue weighted by molar-refractivity contribution is 7.98. The fourth-order valence-electron chi connectivity index (χ4n) is 4.31. The summed E-state index contributed by atoms with van der Waals surface area (Å²) in [5.41, 5.74) is 0.595. The quantitative estimate of drug-likeness (QED) is 0.121. The van der Waals surface area contributed by atoms with E-state index < -0.39 is 61.4 Å². The van der Waals surface area contributed by atoms with E-state index in [0.717, 1.165) is 5.56 Å². The van der Waals surface area contributed by atoms with E-state index >= 15 is 0 Å². The van der Waals surface area contributed by atoms with E-state index in [1.807, 2.05) is 36.6 Å². The van der Waals surface area contributed by atoms with Crippen molar-refractivity contribution >= 4 is 35.6 Å². The van der Waals surface area contributed by atoms with Gasteiger partial charge in [0.25, 0.3) is 5.91 Å². The van der Waals surface area contributed by atoms with Gasteiger partial charge in [0, 0.05) is 19.4 Å². The molecule has 2 heterocycles. The summed E-state index contributed by atoms with van der Waals surface area (Å²) < 4.78 is 42.9. The van der Waals surface area contributed by atoms with Gasteiger partial charge in [-0.3, -0.25) is 9.59 Å². The van der Waals surface area contributed by atoms with Gasteiger partial charge < -0.3 is 43.2 Å². The summed E-state index contributed by atoms with van der Waals surface area (Å²) in [5, 5.41) is 2.50. The Morgan fingerprint density at radius 1 is 1.09 bits per heavy atom. The maximum absolute atomic E-state index is 13.4. The first-order valence-corrected chi connectivity index (χ1v) is 15.4. The molecule has 0 bridgehead atoms. The van der Waals surface area contributed by atoms with Gasteiger partial charge in [-0.15, -0.1) is 11.8 Å². The number of benzene rings is 1. The molecule has 2 aromatic rings. The molecule has 0 aliphatic carbocycles. The number of ether oxygens (including phenoxy) is 8. The Labute approximate surface area is 265 Å². The standard InChI is InChI=1S/C30H38N2O12S/c1-19-26(43-18-45-4)21(14-20-8-6-5-7-9-20)29(35)40-15-22(30(36)44-19)32-28(34)25-27(23(38-3)10-11-31-25)42-17-41-24(33)16-39-13-12-37-2/h5-11,19,21-22,26H,12-18H2,1-4H3,(H,32,34)/t19?,21-,22+,26+/m1/s1. The van der Waals surface area contributed by atoms with Crippen molar-refractivity contribution in [2.24, 2.45) is 5.92 Å². The van der Waals surface area contributed by atoms with E-state index in [4.69, 9.17) is 37.9 Å². The number of carbonyl (C=O) groups is 4. The number of carbonyl (C=O) groups excluding carboxylic acids is 4. The number of cyclic esters (lactones) is 2. The maximum Gasteiger partial charge on any atom is 0.334 e. The van der Waals surface area contributed by atoms with Crippen molar-refractivity contribution in [2.75, 3.05) is 59.6 Å². The smallest absolute Gasteiger partial charge is 0.334 e. The van der Waals surface area contributed by atoms with Gasteiger partial charge in [-0.25, -0.2) is 14.6 Å². The number of pyridine rings is 1. The average Bonchev–Trinajstić information content (AvgIpc) is 3.07. The Morgan fingerprint density at radius 2 is 1.87 bits per heavy atom. The highest BCUT2D eigenvalue weighted by Crippen LogP contribution is 2.30. The zero-order valence-corrected chi connectivity index (χ0v) is 26.4. The van der Waals surface area contributed by atoms with Crippen LogP contribution in [0.1, 0.15) is 23.0 Å². The van der Waals surface area contributed by atoms with Crippen LogP contribution in [0, 0.1) is 5.92 Å². The molecular formula is C30H38N2O12S. The van der Waals surface area contributed by atoms with Gasteiger partial charge in [-0.2, -0.15) is 0 Å². The molecule has 1 unspecified atom stereocenters. The maximum atomic E-state index is 13.4. The van der Waals surface area contributed by atoms with Crippen LogP contribution in [0.5, 0.6) is 11.5 Å². The molecule has 1 aliphatic rings. The molecule has 0 radical (unpaired) electrons. The first-order valence-electron chi connectivity index (χ1n) is 14.0. The van der Waals surface area contributed by atoms with Gasteiger partial charge in [0.15, 0.2) is 23.2 Å². The highest BCUT2D eigenvalue weighted by atomic mass is 32.2. The largest absolute Gasteiger partial charge is 0.493 e. The van der Waals surface area contributed by atoms with Gasteiger partial charge >= 0.3 is 17.9 Å². The zero-order valence-electron chi connectivity index (χ0n) is 25.6. The number of aromatic nitrogens is 1. The van der Waals surface area contributed by atoms with Crippen molar-refractivity contribution in [3.63, 3.8) is 0 Å². The molecule has 246 valence electrons.